The maximum absolute atomic E-state index is 12.5. The van der Waals surface area contributed by atoms with Crippen molar-refractivity contribution < 1.29 is 24.2 Å². The Hall–Kier alpha value is -2.08. The lowest BCUT2D eigenvalue weighted by Crippen LogP contribution is -2.51. The number of carbonyl (C=O) groups is 2. The minimum Gasteiger partial charge on any atom is -0.481 e. The Bertz CT molecular complexity index is 637. The highest BCUT2D eigenvalue weighted by Gasteiger charge is 2.33. The molecule has 1 aliphatic rings. The monoisotopic (exact) mass is 363 g/mol. The SMILES string of the molecule is Cc1ccc(C(C)C)c(OC(C)C(=O)NC(C(=O)O)C2CCCOC2)c1. The molecule has 1 saturated heterocycles. The number of carbonyl (C=O) groups excluding carboxylic acids is 1. The summed E-state index contributed by atoms with van der Waals surface area (Å²) in [7, 11) is 0. The second kappa shape index (κ2) is 9.03. The Kier molecular flexibility index (Phi) is 7.03. The van der Waals surface area contributed by atoms with Gasteiger partial charge in [-0.15, -0.1) is 0 Å². The average molecular weight is 363 g/mol. The molecule has 3 atom stereocenters. The lowest BCUT2D eigenvalue weighted by atomic mass is 9.93. The summed E-state index contributed by atoms with van der Waals surface area (Å²) in [5.74, 6) is -0.774. The first-order chi connectivity index (χ1) is 12.3. The molecule has 1 amide bonds. The molecule has 0 bridgehead atoms. The van der Waals surface area contributed by atoms with Crippen LogP contribution < -0.4 is 10.1 Å². The molecule has 2 rings (SSSR count). The number of carboxylic acids is 1. The predicted octanol–water partition coefficient (Wildman–Crippen LogP) is 2.88. The van der Waals surface area contributed by atoms with E-state index >= 15 is 0 Å². The van der Waals surface area contributed by atoms with Gasteiger partial charge in [0.05, 0.1) is 6.61 Å². The second-order valence-electron chi connectivity index (χ2n) is 7.26. The lowest BCUT2D eigenvalue weighted by molar-refractivity contribution is -0.146. The molecule has 1 heterocycles. The third-order valence-electron chi connectivity index (χ3n) is 4.69. The van der Waals surface area contributed by atoms with Crippen LogP contribution in [0.15, 0.2) is 18.2 Å². The first kappa shape index (κ1) is 20.2. The summed E-state index contributed by atoms with van der Waals surface area (Å²) >= 11 is 0. The van der Waals surface area contributed by atoms with E-state index < -0.39 is 24.0 Å². The van der Waals surface area contributed by atoms with Gasteiger partial charge in [-0.3, -0.25) is 4.79 Å². The molecule has 1 aliphatic heterocycles. The van der Waals surface area contributed by atoms with Crippen molar-refractivity contribution in [1.82, 2.24) is 5.32 Å². The Balaban J connectivity index is 2.06. The summed E-state index contributed by atoms with van der Waals surface area (Å²) in [4.78, 5) is 24.1. The van der Waals surface area contributed by atoms with Gasteiger partial charge in [0.25, 0.3) is 5.91 Å². The largest absolute Gasteiger partial charge is 0.481 e. The van der Waals surface area contributed by atoms with E-state index in [4.69, 9.17) is 9.47 Å². The molecule has 1 aromatic carbocycles. The van der Waals surface area contributed by atoms with Crippen LogP contribution in [0.4, 0.5) is 0 Å². The van der Waals surface area contributed by atoms with Crippen LogP contribution in [0.3, 0.4) is 0 Å². The van der Waals surface area contributed by atoms with Crippen LogP contribution >= 0.6 is 0 Å². The van der Waals surface area contributed by atoms with E-state index in [1.54, 1.807) is 6.92 Å². The van der Waals surface area contributed by atoms with E-state index in [0.717, 1.165) is 24.0 Å². The summed E-state index contributed by atoms with van der Waals surface area (Å²) < 4.78 is 11.2. The van der Waals surface area contributed by atoms with Crippen LogP contribution in [0.2, 0.25) is 0 Å². The molecule has 1 fully saturated rings. The number of hydrogen-bond acceptors (Lipinski definition) is 4. The number of carboxylic acid groups (broad SMARTS) is 1. The number of aryl methyl sites for hydroxylation is 1. The quantitative estimate of drug-likeness (QED) is 0.778. The van der Waals surface area contributed by atoms with Crippen molar-refractivity contribution in [2.45, 2.75) is 58.6 Å². The molecule has 6 heteroatoms. The van der Waals surface area contributed by atoms with Crippen molar-refractivity contribution in [2.75, 3.05) is 13.2 Å². The normalized spacial score (nSPS) is 19.7. The van der Waals surface area contributed by atoms with E-state index in [1.165, 1.54) is 0 Å². The first-order valence-electron chi connectivity index (χ1n) is 9.17. The second-order valence-corrected chi connectivity index (χ2v) is 7.26. The Morgan fingerprint density at radius 1 is 1.31 bits per heavy atom. The fraction of sp³-hybridized carbons (Fsp3) is 0.600. The first-order valence-corrected chi connectivity index (χ1v) is 9.17. The third-order valence-corrected chi connectivity index (χ3v) is 4.69. The van der Waals surface area contributed by atoms with Gasteiger partial charge in [-0.1, -0.05) is 26.0 Å². The molecule has 0 aliphatic carbocycles. The summed E-state index contributed by atoms with van der Waals surface area (Å²) in [6.07, 6.45) is 0.736. The highest BCUT2D eigenvalue weighted by Crippen LogP contribution is 2.28. The van der Waals surface area contributed by atoms with Crippen molar-refractivity contribution in [3.05, 3.63) is 29.3 Å². The van der Waals surface area contributed by atoms with Gasteiger partial charge in [0.1, 0.15) is 11.8 Å². The summed E-state index contributed by atoms with van der Waals surface area (Å²) in [5.41, 5.74) is 2.06. The lowest BCUT2D eigenvalue weighted by Gasteiger charge is -2.29. The third kappa shape index (κ3) is 5.21. The predicted molar refractivity (Wildman–Crippen MR) is 98.5 cm³/mol. The van der Waals surface area contributed by atoms with Gasteiger partial charge < -0.3 is 19.9 Å². The summed E-state index contributed by atoms with van der Waals surface area (Å²) in [6.45, 7) is 8.71. The van der Waals surface area contributed by atoms with E-state index in [-0.39, 0.29) is 11.8 Å². The van der Waals surface area contributed by atoms with Crippen LogP contribution in [-0.4, -0.2) is 42.3 Å². The van der Waals surface area contributed by atoms with Crippen LogP contribution in [0.5, 0.6) is 5.75 Å². The van der Waals surface area contributed by atoms with Gasteiger partial charge >= 0.3 is 5.97 Å². The number of aliphatic carboxylic acids is 1. The molecular weight excluding hydrogens is 334 g/mol. The Labute approximate surface area is 154 Å². The van der Waals surface area contributed by atoms with Gasteiger partial charge in [0.15, 0.2) is 6.10 Å². The summed E-state index contributed by atoms with van der Waals surface area (Å²) in [6, 6.07) is 4.95. The zero-order valence-electron chi connectivity index (χ0n) is 16.0. The molecule has 0 spiro atoms. The molecule has 6 nitrogen and oxygen atoms in total. The van der Waals surface area contributed by atoms with Crippen molar-refractivity contribution in [3.8, 4) is 5.75 Å². The standard InChI is InChI=1S/C20H29NO5/c1-12(2)16-8-7-13(3)10-17(16)26-14(4)19(22)21-18(20(23)24)15-6-5-9-25-11-15/h7-8,10,12,14-15,18H,5-6,9,11H2,1-4H3,(H,21,22)(H,23,24). The van der Waals surface area contributed by atoms with Crippen LogP contribution in [-0.2, 0) is 14.3 Å². The summed E-state index contributed by atoms with van der Waals surface area (Å²) in [5, 5.41) is 12.1. The fourth-order valence-corrected chi connectivity index (χ4v) is 3.14. The van der Waals surface area contributed by atoms with Gasteiger partial charge in [0, 0.05) is 12.5 Å². The number of nitrogens with one attached hydrogen (secondary N) is 1. The van der Waals surface area contributed by atoms with Crippen LogP contribution in [0, 0.1) is 12.8 Å². The average Bonchev–Trinajstić information content (AvgIpc) is 2.59. The Morgan fingerprint density at radius 3 is 2.62 bits per heavy atom. The smallest absolute Gasteiger partial charge is 0.326 e. The molecule has 1 aromatic rings. The molecule has 0 aromatic heterocycles. The maximum atomic E-state index is 12.5. The topological polar surface area (TPSA) is 84.9 Å². The fourth-order valence-electron chi connectivity index (χ4n) is 3.14. The minimum atomic E-state index is -1.04. The van der Waals surface area contributed by atoms with E-state index in [2.05, 4.69) is 19.2 Å². The highest BCUT2D eigenvalue weighted by atomic mass is 16.5. The molecule has 2 N–H and O–H groups in total. The number of amides is 1. The molecule has 26 heavy (non-hydrogen) atoms. The molecule has 0 radical (unpaired) electrons. The Morgan fingerprint density at radius 2 is 2.04 bits per heavy atom. The zero-order chi connectivity index (χ0) is 19.3. The highest BCUT2D eigenvalue weighted by molar-refractivity contribution is 5.86. The van der Waals surface area contributed by atoms with E-state index in [9.17, 15) is 14.7 Å². The van der Waals surface area contributed by atoms with E-state index in [1.807, 2.05) is 25.1 Å². The molecule has 144 valence electrons. The minimum absolute atomic E-state index is 0.220. The maximum Gasteiger partial charge on any atom is 0.326 e. The van der Waals surface area contributed by atoms with Gasteiger partial charge in [-0.25, -0.2) is 4.79 Å². The molecule has 3 unspecified atom stereocenters. The van der Waals surface area contributed by atoms with Crippen molar-refractivity contribution in [3.63, 3.8) is 0 Å². The van der Waals surface area contributed by atoms with Gasteiger partial charge in [0.2, 0.25) is 0 Å². The van der Waals surface area contributed by atoms with Crippen LogP contribution in [0.25, 0.3) is 0 Å². The number of ether oxygens (including phenoxy) is 2. The van der Waals surface area contributed by atoms with Gasteiger partial charge in [-0.2, -0.15) is 0 Å². The molecular formula is C20H29NO5. The van der Waals surface area contributed by atoms with Crippen LogP contribution in [0.1, 0.15) is 50.7 Å². The number of hydrogen-bond donors (Lipinski definition) is 2. The number of rotatable bonds is 7. The van der Waals surface area contributed by atoms with Crippen molar-refractivity contribution in [2.24, 2.45) is 5.92 Å². The zero-order valence-corrected chi connectivity index (χ0v) is 16.0. The molecule has 0 saturated carbocycles. The van der Waals surface area contributed by atoms with Crippen molar-refractivity contribution >= 4 is 11.9 Å². The van der Waals surface area contributed by atoms with Gasteiger partial charge in [-0.05, 0) is 49.8 Å². The van der Waals surface area contributed by atoms with Crippen molar-refractivity contribution in [1.29, 1.82) is 0 Å². The number of benzene rings is 1. The van der Waals surface area contributed by atoms with E-state index in [0.29, 0.717) is 19.0 Å².